The van der Waals surface area contributed by atoms with Crippen molar-refractivity contribution in [3.05, 3.63) is 35.8 Å². The summed E-state index contributed by atoms with van der Waals surface area (Å²) in [5, 5.41) is 13.5. The Balaban J connectivity index is 1.45. The summed E-state index contributed by atoms with van der Waals surface area (Å²) >= 11 is 0. The Morgan fingerprint density at radius 1 is 1.14 bits per heavy atom. The van der Waals surface area contributed by atoms with Crippen LogP contribution in [0.4, 0.5) is 5.88 Å². The first-order chi connectivity index (χ1) is 13.6. The fourth-order valence-corrected chi connectivity index (χ4v) is 3.22. The Morgan fingerprint density at radius 2 is 1.93 bits per heavy atom. The predicted octanol–water partition coefficient (Wildman–Crippen LogP) is 3.20. The van der Waals surface area contributed by atoms with Gasteiger partial charge in [0.15, 0.2) is 11.6 Å². The number of nitriles is 1. The maximum Gasteiger partial charge on any atom is 0.266 e. The lowest BCUT2D eigenvalue weighted by atomic mass is 10.2. The first-order valence-corrected chi connectivity index (χ1v) is 9.34. The van der Waals surface area contributed by atoms with Gasteiger partial charge in [0.2, 0.25) is 17.5 Å². The number of aromatic nitrogens is 3. The van der Waals surface area contributed by atoms with Crippen LogP contribution < -0.4 is 4.90 Å². The van der Waals surface area contributed by atoms with Crippen molar-refractivity contribution in [2.24, 2.45) is 0 Å². The van der Waals surface area contributed by atoms with Crippen LogP contribution in [0.2, 0.25) is 0 Å². The zero-order valence-electron chi connectivity index (χ0n) is 16.1. The zero-order valence-corrected chi connectivity index (χ0v) is 16.1. The molecule has 0 N–H and O–H groups in total. The van der Waals surface area contributed by atoms with Gasteiger partial charge in [-0.05, 0) is 19.1 Å². The van der Waals surface area contributed by atoms with Crippen LogP contribution in [0.25, 0.3) is 11.7 Å². The summed E-state index contributed by atoms with van der Waals surface area (Å²) in [5.41, 5.74) is 0.270. The lowest BCUT2D eigenvalue weighted by molar-refractivity contribution is 0.162. The Labute approximate surface area is 162 Å². The Morgan fingerprint density at radius 3 is 2.54 bits per heavy atom. The normalized spacial score (nSPS) is 16.5. The van der Waals surface area contributed by atoms with Gasteiger partial charge in [0.1, 0.15) is 6.07 Å². The summed E-state index contributed by atoms with van der Waals surface area (Å²) in [4.78, 5) is 13.1. The monoisotopic (exact) mass is 382 g/mol. The molecule has 0 spiro atoms. The summed E-state index contributed by atoms with van der Waals surface area (Å²) < 4.78 is 16.6. The van der Waals surface area contributed by atoms with Crippen LogP contribution in [0, 0.1) is 11.3 Å². The van der Waals surface area contributed by atoms with E-state index in [4.69, 9.17) is 13.4 Å². The average molecular weight is 382 g/mol. The van der Waals surface area contributed by atoms with Crippen molar-refractivity contribution in [1.82, 2.24) is 20.0 Å². The molecule has 0 aromatic carbocycles. The van der Waals surface area contributed by atoms with Crippen LogP contribution in [0.3, 0.4) is 0 Å². The van der Waals surface area contributed by atoms with Gasteiger partial charge in [-0.3, -0.25) is 4.90 Å². The number of rotatable bonds is 5. The molecule has 1 aliphatic rings. The molecule has 1 atom stereocenters. The molecule has 9 nitrogen and oxygen atoms in total. The van der Waals surface area contributed by atoms with E-state index in [9.17, 15) is 5.26 Å². The van der Waals surface area contributed by atoms with Crippen LogP contribution >= 0.6 is 0 Å². The molecule has 0 aliphatic carbocycles. The fraction of sp³-hybridized carbons (Fsp3) is 0.474. The number of piperazine rings is 1. The molecule has 0 radical (unpaired) electrons. The molecular formula is C19H22N6O3. The van der Waals surface area contributed by atoms with Crippen molar-refractivity contribution in [2.45, 2.75) is 32.7 Å². The molecule has 4 heterocycles. The molecule has 9 heteroatoms. The topological polar surface area (TPSA) is 108 Å². The molecule has 0 amide bonds. The maximum atomic E-state index is 9.43. The first kappa shape index (κ1) is 18.3. The Kier molecular flexibility index (Phi) is 4.88. The number of furan rings is 1. The fourth-order valence-electron chi connectivity index (χ4n) is 3.22. The molecule has 4 rings (SSSR count). The van der Waals surface area contributed by atoms with E-state index in [2.05, 4.69) is 33.0 Å². The highest BCUT2D eigenvalue weighted by atomic mass is 16.5. The summed E-state index contributed by atoms with van der Waals surface area (Å²) in [6, 6.07) is 5.66. The summed E-state index contributed by atoms with van der Waals surface area (Å²) in [6.07, 6.45) is 1.55. The molecule has 1 saturated heterocycles. The van der Waals surface area contributed by atoms with Gasteiger partial charge in [0.25, 0.3) is 5.89 Å². The van der Waals surface area contributed by atoms with Gasteiger partial charge in [0, 0.05) is 32.1 Å². The van der Waals surface area contributed by atoms with Gasteiger partial charge < -0.3 is 18.3 Å². The van der Waals surface area contributed by atoms with E-state index < -0.39 is 0 Å². The summed E-state index contributed by atoms with van der Waals surface area (Å²) in [5.74, 6) is 2.91. The number of hydrogen-bond donors (Lipinski definition) is 0. The maximum absolute atomic E-state index is 9.43. The largest absolute Gasteiger partial charge is 0.459 e. The zero-order chi connectivity index (χ0) is 19.7. The molecule has 0 bridgehead atoms. The van der Waals surface area contributed by atoms with Crippen LogP contribution in [-0.4, -0.2) is 46.2 Å². The van der Waals surface area contributed by atoms with Crippen LogP contribution in [0.5, 0.6) is 0 Å². The number of oxazole rings is 1. The van der Waals surface area contributed by atoms with Gasteiger partial charge in [-0.2, -0.15) is 15.2 Å². The third-order valence-corrected chi connectivity index (χ3v) is 4.93. The molecule has 146 valence electrons. The van der Waals surface area contributed by atoms with Crippen molar-refractivity contribution in [3.8, 4) is 17.7 Å². The minimum atomic E-state index is 0.0333. The molecule has 0 saturated carbocycles. The minimum absolute atomic E-state index is 0.0333. The van der Waals surface area contributed by atoms with E-state index in [0.29, 0.717) is 36.5 Å². The highest BCUT2D eigenvalue weighted by Gasteiger charge is 2.29. The third-order valence-electron chi connectivity index (χ3n) is 4.93. The molecule has 1 unspecified atom stereocenters. The van der Waals surface area contributed by atoms with Crippen LogP contribution in [0.1, 0.15) is 50.1 Å². The van der Waals surface area contributed by atoms with Crippen molar-refractivity contribution in [3.63, 3.8) is 0 Å². The molecule has 1 aliphatic heterocycles. The van der Waals surface area contributed by atoms with Gasteiger partial charge in [-0.1, -0.05) is 19.0 Å². The number of anilines is 1. The van der Waals surface area contributed by atoms with E-state index in [1.807, 2.05) is 18.7 Å². The van der Waals surface area contributed by atoms with Crippen molar-refractivity contribution in [2.75, 3.05) is 31.1 Å². The Hall–Kier alpha value is -3.12. The lowest BCUT2D eigenvalue weighted by Gasteiger charge is -2.36. The van der Waals surface area contributed by atoms with Crippen molar-refractivity contribution in [1.29, 1.82) is 5.26 Å². The number of hydrogen-bond acceptors (Lipinski definition) is 9. The molecule has 28 heavy (non-hydrogen) atoms. The summed E-state index contributed by atoms with van der Waals surface area (Å²) in [7, 11) is 0. The highest BCUT2D eigenvalue weighted by molar-refractivity contribution is 5.55. The molecule has 1 fully saturated rings. The second kappa shape index (κ2) is 7.48. The van der Waals surface area contributed by atoms with Gasteiger partial charge >= 0.3 is 0 Å². The van der Waals surface area contributed by atoms with E-state index >= 15 is 0 Å². The van der Waals surface area contributed by atoms with E-state index in [0.717, 1.165) is 18.9 Å². The summed E-state index contributed by atoms with van der Waals surface area (Å²) in [6.45, 7) is 9.12. The minimum Gasteiger partial charge on any atom is -0.459 e. The molecular weight excluding hydrogens is 360 g/mol. The van der Waals surface area contributed by atoms with Crippen molar-refractivity contribution < 1.29 is 13.4 Å². The second-order valence-corrected chi connectivity index (χ2v) is 7.11. The smallest absolute Gasteiger partial charge is 0.266 e. The molecule has 3 aromatic rings. The average Bonchev–Trinajstić information content (AvgIpc) is 3.47. The van der Waals surface area contributed by atoms with Gasteiger partial charge in [0.05, 0.1) is 12.3 Å². The number of nitrogens with zero attached hydrogens (tertiary/aromatic N) is 6. The predicted molar refractivity (Wildman–Crippen MR) is 99.5 cm³/mol. The Bertz CT molecular complexity index is 960. The molecule has 3 aromatic heterocycles. The SMILES string of the molecule is CC(C)c1noc(C(C)N2CCN(c3oc(-c4ccco4)nc3C#N)CC2)n1. The van der Waals surface area contributed by atoms with Crippen LogP contribution in [-0.2, 0) is 0 Å². The first-order valence-electron chi connectivity index (χ1n) is 9.34. The van der Waals surface area contributed by atoms with E-state index in [-0.39, 0.29) is 17.7 Å². The van der Waals surface area contributed by atoms with Gasteiger partial charge in [-0.25, -0.2) is 0 Å². The standard InChI is InChI=1S/C19H22N6O3/c1-12(2)16-22-17(28-23-16)13(3)24-6-8-25(9-7-24)19-14(11-20)21-18(27-19)15-5-4-10-26-15/h4-5,10,12-13H,6-9H2,1-3H3. The highest BCUT2D eigenvalue weighted by Crippen LogP contribution is 2.30. The third kappa shape index (κ3) is 3.39. The van der Waals surface area contributed by atoms with E-state index in [1.165, 1.54) is 0 Å². The lowest BCUT2D eigenvalue weighted by Crippen LogP contribution is -2.47. The van der Waals surface area contributed by atoms with Crippen LogP contribution in [0.15, 0.2) is 31.8 Å². The van der Waals surface area contributed by atoms with Crippen molar-refractivity contribution >= 4 is 5.88 Å². The quantitative estimate of drug-likeness (QED) is 0.657. The van der Waals surface area contributed by atoms with E-state index in [1.54, 1.807) is 18.4 Å². The second-order valence-electron chi connectivity index (χ2n) is 7.11. The van der Waals surface area contributed by atoms with Gasteiger partial charge in [-0.15, -0.1) is 0 Å².